The van der Waals surface area contributed by atoms with Gasteiger partial charge in [0.05, 0.1) is 18.8 Å². The zero-order valence-corrected chi connectivity index (χ0v) is 15.2. The Kier molecular flexibility index (Phi) is 8.05. The quantitative estimate of drug-likeness (QED) is 0.200. The Balaban J connectivity index is 2.06. The van der Waals surface area contributed by atoms with E-state index in [4.69, 9.17) is 10.3 Å². The number of unbranched alkanes of at least 4 members (excludes halogenated alkanes) is 1. The fraction of sp³-hybridized carbons (Fsp3) is 0.529. The van der Waals surface area contributed by atoms with E-state index in [1.54, 1.807) is 16.7 Å². The molecule has 1 amide bonds. The Bertz CT molecular complexity index is 814. The molecule has 1 N–H and O–H groups in total. The summed E-state index contributed by atoms with van der Waals surface area (Å²) in [5.74, 6) is 0.279. The maximum atomic E-state index is 12.6. The van der Waals surface area contributed by atoms with Crippen LogP contribution in [0.3, 0.4) is 0 Å². The van der Waals surface area contributed by atoms with Crippen molar-refractivity contribution in [2.75, 3.05) is 19.7 Å². The highest BCUT2D eigenvalue weighted by Crippen LogP contribution is 2.20. The maximum Gasteiger partial charge on any atom is 0.270 e. The van der Waals surface area contributed by atoms with Crippen LogP contribution in [0.25, 0.3) is 16.1 Å². The molecule has 2 aromatic heterocycles. The second-order valence-electron chi connectivity index (χ2n) is 5.99. The van der Waals surface area contributed by atoms with Crippen molar-refractivity contribution in [1.29, 1.82) is 0 Å². The lowest BCUT2D eigenvalue weighted by atomic mass is 10.1. The molecule has 2 aromatic rings. The average molecular weight is 373 g/mol. The first kappa shape index (κ1) is 20.2. The van der Waals surface area contributed by atoms with Gasteiger partial charge in [0, 0.05) is 17.7 Å². The van der Waals surface area contributed by atoms with Crippen LogP contribution in [0.2, 0.25) is 0 Å². The molecule has 0 aliphatic heterocycles. The average Bonchev–Trinajstić information content (AvgIpc) is 3.11. The van der Waals surface area contributed by atoms with Crippen molar-refractivity contribution in [3.63, 3.8) is 0 Å². The van der Waals surface area contributed by atoms with Crippen LogP contribution in [0.15, 0.2) is 34.8 Å². The number of nitrogens with zero attached hydrogens (tertiary/aromatic N) is 6. The number of carbonyl (C=O) groups is 1. The Morgan fingerprint density at radius 1 is 1.48 bits per heavy atom. The van der Waals surface area contributed by atoms with Crippen LogP contribution in [0.4, 0.5) is 0 Å². The number of nitrogens with one attached hydrogen (secondary N) is 1. The lowest BCUT2D eigenvalue weighted by molar-refractivity contribution is 0.0930. The van der Waals surface area contributed by atoms with Gasteiger partial charge in [-0.2, -0.15) is 4.91 Å². The number of pyridine rings is 1. The van der Waals surface area contributed by atoms with Gasteiger partial charge in [0.1, 0.15) is 12.2 Å². The van der Waals surface area contributed by atoms with E-state index < -0.39 is 0 Å². The van der Waals surface area contributed by atoms with E-state index in [2.05, 4.69) is 25.5 Å². The third kappa shape index (κ3) is 5.68. The van der Waals surface area contributed by atoms with Gasteiger partial charge in [0.15, 0.2) is 11.4 Å². The van der Waals surface area contributed by atoms with Crippen LogP contribution in [-0.2, 0) is 0 Å². The van der Waals surface area contributed by atoms with Crippen LogP contribution in [0, 0.1) is 4.91 Å². The van der Waals surface area contributed by atoms with Gasteiger partial charge < -0.3 is 10.1 Å². The zero-order chi connectivity index (χ0) is 19.5. The normalized spacial score (nSPS) is 11.6. The second kappa shape index (κ2) is 10.8. The van der Waals surface area contributed by atoms with E-state index in [1.807, 2.05) is 13.0 Å². The fourth-order valence-corrected chi connectivity index (χ4v) is 2.65. The summed E-state index contributed by atoms with van der Waals surface area (Å²) in [6.07, 6.45) is 6.05. The molecule has 2 rings (SSSR count). The number of fused-ring (bicyclic) bond motifs is 1. The minimum atomic E-state index is -0.383. The molecule has 10 nitrogen and oxygen atoms in total. The van der Waals surface area contributed by atoms with Crippen LogP contribution in [-0.4, -0.2) is 41.0 Å². The van der Waals surface area contributed by atoms with Gasteiger partial charge >= 0.3 is 0 Å². The molecular weight excluding hydrogens is 350 g/mol. The molecule has 10 heteroatoms. The van der Waals surface area contributed by atoms with Gasteiger partial charge in [0.2, 0.25) is 0 Å². The molecule has 0 unspecified atom stereocenters. The van der Waals surface area contributed by atoms with Crippen molar-refractivity contribution >= 4 is 11.6 Å². The number of nitroso groups, excluding NO2 is 1. The standard InChI is InChI=1S/C17H23N7O3/c1-2-10-27-15-7-5-9-24-14(12-19-16(15)24)17(25)22-13(11-21-26)6-3-4-8-20-23-18/h5,7,9,12-13H,2-4,6,8,10-11H2,1H3,(H,22,25)/t13-/m1/s1. The monoisotopic (exact) mass is 373 g/mol. The summed E-state index contributed by atoms with van der Waals surface area (Å²) >= 11 is 0. The molecule has 0 saturated heterocycles. The number of aromatic nitrogens is 2. The predicted molar refractivity (Wildman–Crippen MR) is 101 cm³/mol. The number of carbonyl (C=O) groups excluding carboxylic acids is 1. The van der Waals surface area contributed by atoms with Gasteiger partial charge in [-0.15, -0.1) is 0 Å². The summed E-state index contributed by atoms with van der Waals surface area (Å²) < 4.78 is 7.32. The number of imidazole rings is 1. The van der Waals surface area contributed by atoms with E-state index >= 15 is 0 Å². The number of ether oxygens (including phenoxy) is 1. The molecule has 0 fully saturated rings. The van der Waals surface area contributed by atoms with Gasteiger partial charge in [-0.3, -0.25) is 9.20 Å². The zero-order valence-electron chi connectivity index (χ0n) is 15.2. The lowest BCUT2D eigenvalue weighted by Crippen LogP contribution is -2.37. The predicted octanol–water partition coefficient (Wildman–Crippen LogP) is 3.47. The number of rotatable bonds is 12. The van der Waals surface area contributed by atoms with Gasteiger partial charge in [-0.1, -0.05) is 23.6 Å². The van der Waals surface area contributed by atoms with Crippen molar-refractivity contribution in [1.82, 2.24) is 14.7 Å². The Morgan fingerprint density at radius 2 is 2.33 bits per heavy atom. The highest BCUT2D eigenvalue weighted by atomic mass is 16.5. The second-order valence-corrected chi connectivity index (χ2v) is 5.99. The molecule has 0 radical (unpaired) electrons. The van der Waals surface area contributed by atoms with Crippen molar-refractivity contribution in [2.45, 2.75) is 38.6 Å². The highest BCUT2D eigenvalue weighted by Gasteiger charge is 2.18. The molecule has 0 spiro atoms. The third-order valence-electron chi connectivity index (χ3n) is 3.95. The largest absolute Gasteiger partial charge is 0.490 e. The SMILES string of the molecule is CCCOc1cccn2c(C(=O)N[C@H](CCCCN=[N+]=[N-])CN=O)cnc12. The minimum Gasteiger partial charge on any atom is -0.490 e. The molecule has 2 heterocycles. The number of hydrogen-bond donors (Lipinski definition) is 1. The molecule has 0 aliphatic rings. The van der Waals surface area contributed by atoms with E-state index in [0.717, 1.165) is 6.42 Å². The first-order valence-electron chi connectivity index (χ1n) is 8.91. The molecule has 0 aliphatic carbocycles. The van der Waals surface area contributed by atoms with Gasteiger partial charge in [0.25, 0.3) is 5.91 Å². The van der Waals surface area contributed by atoms with E-state index in [1.165, 1.54) is 6.20 Å². The van der Waals surface area contributed by atoms with E-state index in [0.29, 0.717) is 49.5 Å². The number of azide groups is 1. The Hall–Kier alpha value is -3.13. The topological polar surface area (TPSA) is 134 Å². The molecule has 1 atom stereocenters. The molecule has 0 aromatic carbocycles. The van der Waals surface area contributed by atoms with E-state index in [9.17, 15) is 9.70 Å². The molecular formula is C17H23N7O3. The number of hydrogen-bond acceptors (Lipinski definition) is 6. The Labute approximate surface area is 156 Å². The van der Waals surface area contributed by atoms with Crippen molar-refractivity contribution in [3.05, 3.63) is 45.6 Å². The summed E-state index contributed by atoms with van der Waals surface area (Å²) in [6.45, 7) is 2.95. The summed E-state index contributed by atoms with van der Waals surface area (Å²) in [5.41, 5.74) is 9.19. The third-order valence-corrected chi connectivity index (χ3v) is 3.95. The van der Waals surface area contributed by atoms with Gasteiger partial charge in [-0.25, -0.2) is 4.98 Å². The molecule has 0 saturated carbocycles. The number of amides is 1. The summed E-state index contributed by atoms with van der Waals surface area (Å²) in [5, 5.41) is 9.20. The van der Waals surface area contributed by atoms with Crippen molar-refractivity contribution in [3.8, 4) is 5.75 Å². The van der Waals surface area contributed by atoms with E-state index in [-0.39, 0.29) is 18.5 Å². The van der Waals surface area contributed by atoms with Crippen molar-refractivity contribution in [2.24, 2.45) is 10.3 Å². The molecule has 27 heavy (non-hydrogen) atoms. The first-order valence-corrected chi connectivity index (χ1v) is 8.91. The van der Waals surface area contributed by atoms with Crippen molar-refractivity contribution < 1.29 is 9.53 Å². The van der Waals surface area contributed by atoms with Crippen LogP contribution in [0.5, 0.6) is 5.75 Å². The summed E-state index contributed by atoms with van der Waals surface area (Å²) in [4.78, 5) is 30.3. The summed E-state index contributed by atoms with van der Waals surface area (Å²) in [6, 6.07) is 3.21. The lowest BCUT2D eigenvalue weighted by Gasteiger charge is -2.15. The molecule has 0 bridgehead atoms. The van der Waals surface area contributed by atoms with Crippen LogP contribution in [0.1, 0.15) is 43.1 Å². The fourth-order valence-electron chi connectivity index (χ4n) is 2.65. The molecule has 144 valence electrons. The Morgan fingerprint density at radius 3 is 3.07 bits per heavy atom. The van der Waals surface area contributed by atoms with Gasteiger partial charge in [-0.05, 0) is 36.9 Å². The minimum absolute atomic E-state index is 0.0190. The maximum absolute atomic E-state index is 12.6. The smallest absolute Gasteiger partial charge is 0.270 e. The van der Waals surface area contributed by atoms with Crippen LogP contribution >= 0.6 is 0 Å². The summed E-state index contributed by atoms with van der Waals surface area (Å²) in [7, 11) is 0. The first-order chi connectivity index (χ1) is 13.2. The van der Waals surface area contributed by atoms with Crippen LogP contribution < -0.4 is 10.1 Å². The highest BCUT2D eigenvalue weighted by molar-refractivity contribution is 5.93.